The number of amides is 1. The summed E-state index contributed by atoms with van der Waals surface area (Å²) in [5.41, 5.74) is 1.97. The molecule has 1 aromatic rings. The molecule has 16 heavy (non-hydrogen) atoms. The Bertz CT molecular complexity index is 402. The van der Waals surface area contributed by atoms with Gasteiger partial charge < -0.3 is 10.4 Å². The number of benzene rings is 1. The summed E-state index contributed by atoms with van der Waals surface area (Å²) in [6.07, 6.45) is 0.899. The van der Waals surface area contributed by atoms with Crippen LogP contribution in [0.25, 0.3) is 0 Å². The monoisotopic (exact) mass is 237 g/mol. The Labute approximate surface area is 99.2 Å². The highest BCUT2D eigenvalue weighted by molar-refractivity contribution is 8.00. The quantitative estimate of drug-likeness (QED) is 0.847. The lowest BCUT2D eigenvalue weighted by atomic mass is 9.97. The second-order valence-electron chi connectivity index (χ2n) is 3.88. The van der Waals surface area contributed by atoms with Gasteiger partial charge >= 0.3 is 0 Å². The van der Waals surface area contributed by atoms with E-state index < -0.39 is 0 Å². The van der Waals surface area contributed by atoms with Crippen LogP contribution in [0.5, 0.6) is 0 Å². The maximum Gasteiger partial charge on any atom is 0.234 e. The van der Waals surface area contributed by atoms with Gasteiger partial charge in [0.15, 0.2) is 0 Å². The third-order valence-corrected chi connectivity index (χ3v) is 3.89. The molecule has 1 amide bonds. The van der Waals surface area contributed by atoms with Gasteiger partial charge in [-0.25, -0.2) is 0 Å². The van der Waals surface area contributed by atoms with Crippen molar-refractivity contribution >= 4 is 23.4 Å². The number of fused-ring (bicyclic) bond motifs is 1. The van der Waals surface area contributed by atoms with Gasteiger partial charge in [0.1, 0.15) is 0 Å². The molecule has 86 valence electrons. The van der Waals surface area contributed by atoms with Gasteiger partial charge in [-0.2, -0.15) is 0 Å². The first-order valence-corrected chi connectivity index (χ1v) is 6.40. The number of nitrogens with one attached hydrogen (secondary N) is 1. The topological polar surface area (TPSA) is 49.3 Å². The summed E-state index contributed by atoms with van der Waals surface area (Å²) in [7, 11) is 0. The molecule has 2 rings (SSSR count). The molecule has 1 aromatic carbocycles. The minimum atomic E-state index is 0.0479. The van der Waals surface area contributed by atoms with Crippen molar-refractivity contribution in [3.8, 4) is 0 Å². The van der Waals surface area contributed by atoms with E-state index in [1.165, 1.54) is 0 Å². The van der Waals surface area contributed by atoms with Crippen molar-refractivity contribution in [1.82, 2.24) is 0 Å². The van der Waals surface area contributed by atoms with Crippen molar-refractivity contribution in [3.63, 3.8) is 0 Å². The first-order chi connectivity index (χ1) is 7.74. The van der Waals surface area contributed by atoms with Crippen LogP contribution < -0.4 is 5.32 Å². The predicted octanol–water partition coefficient (Wildman–Crippen LogP) is 2.22. The van der Waals surface area contributed by atoms with Crippen molar-refractivity contribution in [3.05, 3.63) is 23.8 Å². The number of hydrogen-bond donors (Lipinski definition) is 2. The summed E-state index contributed by atoms with van der Waals surface area (Å²) in [6.45, 7) is 2.20. The molecule has 3 nitrogen and oxygen atoms in total. The lowest BCUT2D eigenvalue weighted by molar-refractivity contribution is -0.113. The molecule has 1 aliphatic rings. The van der Waals surface area contributed by atoms with Crippen LogP contribution in [-0.2, 0) is 4.79 Å². The van der Waals surface area contributed by atoms with E-state index in [1.807, 2.05) is 25.1 Å². The Kier molecular flexibility index (Phi) is 3.51. The minimum absolute atomic E-state index is 0.0479. The molecule has 0 radical (unpaired) electrons. The van der Waals surface area contributed by atoms with Gasteiger partial charge in [0.05, 0.1) is 11.4 Å². The van der Waals surface area contributed by atoms with Crippen LogP contribution in [0.3, 0.4) is 0 Å². The highest BCUT2D eigenvalue weighted by Crippen LogP contribution is 2.34. The van der Waals surface area contributed by atoms with E-state index in [2.05, 4.69) is 5.32 Å². The Morgan fingerprint density at radius 1 is 1.56 bits per heavy atom. The highest BCUT2D eigenvalue weighted by atomic mass is 32.2. The highest BCUT2D eigenvalue weighted by Gasteiger charge is 2.17. The van der Waals surface area contributed by atoms with Gasteiger partial charge in [-0.3, -0.25) is 4.79 Å². The molecule has 0 saturated carbocycles. The molecule has 1 heterocycles. The van der Waals surface area contributed by atoms with Crippen molar-refractivity contribution < 1.29 is 9.90 Å². The fourth-order valence-electron chi connectivity index (χ4n) is 1.82. The van der Waals surface area contributed by atoms with Gasteiger partial charge in [-0.15, -0.1) is 11.8 Å². The molecule has 1 unspecified atom stereocenters. The SMILES string of the molecule is CCC(CO)c1ccc2c(c1)NC(=O)CS2. The molecule has 0 aliphatic carbocycles. The van der Waals surface area contributed by atoms with E-state index in [9.17, 15) is 9.90 Å². The molecule has 0 fully saturated rings. The van der Waals surface area contributed by atoms with Crippen molar-refractivity contribution in [2.45, 2.75) is 24.2 Å². The van der Waals surface area contributed by atoms with Gasteiger partial charge in [0.25, 0.3) is 0 Å². The van der Waals surface area contributed by atoms with Gasteiger partial charge in [0.2, 0.25) is 5.91 Å². The number of hydrogen-bond acceptors (Lipinski definition) is 3. The smallest absolute Gasteiger partial charge is 0.234 e. The Hall–Kier alpha value is -1.000. The summed E-state index contributed by atoms with van der Waals surface area (Å²) in [5, 5.41) is 12.1. The zero-order chi connectivity index (χ0) is 11.5. The molecular weight excluding hydrogens is 222 g/mol. The van der Waals surface area contributed by atoms with Crippen molar-refractivity contribution in [2.75, 3.05) is 17.7 Å². The summed E-state index contributed by atoms with van der Waals surface area (Å²) < 4.78 is 0. The Balaban J connectivity index is 2.30. The molecule has 0 aromatic heterocycles. The first kappa shape index (κ1) is 11.5. The average Bonchev–Trinajstić information content (AvgIpc) is 2.30. The van der Waals surface area contributed by atoms with Crippen LogP contribution in [0.1, 0.15) is 24.8 Å². The Morgan fingerprint density at radius 2 is 2.38 bits per heavy atom. The maximum atomic E-state index is 11.3. The minimum Gasteiger partial charge on any atom is -0.396 e. The van der Waals surface area contributed by atoms with Gasteiger partial charge in [-0.1, -0.05) is 13.0 Å². The Morgan fingerprint density at radius 3 is 3.06 bits per heavy atom. The molecule has 4 heteroatoms. The van der Waals surface area contributed by atoms with Crippen LogP contribution in [-0.4, -0.2) is 23.4 Å². The maximum absolute atomic E-state index is 11.3. The van der Waals surface area contributed by atoms with Crippen LogP contribution in [0.4, 0.5) is 5.69 Å². The molecule has 0 bridgehead atoms. The summed E-state index contributed by atoms with van der Waals surface area (Å²) in [4.78, 5) is 12.4. The molecule has 1 aliphatic heterocycles. The lowest BCUT2D eigenvalue weighted by Gasteiger charge is -2.19. The molecule has 1 atom stereocenters. The zero-order valence-corrected chi connectivity index (χ0v) is 10.0. The average molecular weight is 237 g/mol. The van der Waals surface area contributed by atoms with E-state index in [4.69, 9.17) is 0 Å². The van der Waals surface area contributed by atoms with E-state index >= 15 is 0 Å². The molecule has 0 spiro atoms. The zero-order valence-electron chi connectivity index (χ0n) is 9.19. The van der Waals surface area contributed by atoms with E-state index in [-0.39, 0.29) is 18.4 Å². The standard InChI is InChI=1S/C12H15NO2S/c1-2-8(6-14)9-3-4-11-10(5-9)13-12(15)7-16-11/h3-5,8,14H,2,6-7H2,1H3,(H,13,15). The predicted molar refractivity (Wildman–Crippen MR) is 65.9 cm³/mol. The largest absolute Gasteiger partial charge is 0.396 e. The lowest BCUT2D eigenvalue weighted by Crippen LogP contribution is -2.19. The number of aliphatic hydroxyl groups is 1. The first-order valence-electron chi connectivity index (χ1n) is 5.42. The summed E-state index contributed by atoms with van der Waals surface area (Å²) in [5.74, 6) is 0.699. The second kappa shape index (κ2) is 4.89. The molecule has 0 saturated heterocycles. The number of aliphatic hydroxyl groups excluding tert-OH is 1. The fraction of sp³-hybridized carbons (Fsp3) is 0.417. The normalized spacial score (nSPS) is 16.5. The third kappa shape index (κ3) is 2.23. The van der Waals surface area contributed by atoms with E-state index in [1.54, 1.807) is 11.8 Å². The number of carbonyl (C=O) groups excluding carboxylic acids is 1. The molecule has 2 N–H and O–H groups in total. The fourth-order valence-corrected chi connectivity index (χ4v) is 2.61. The number of rotatable bonds is 3. The van der Waals surface area contributed by atoms with Crippen LogP contribution in [0, 0.1) is 0 Å². The summed E-state index contributed by atoms with van der Waals surface area (Å²) in [6, 6.07) is 6.03. The van der Waals surface area contributed by atoms with Crippen molar-refractivity contribution in [2.24, 2.45) is 0 Å². The van der Waals surface area contributed by atoms with Crippen molar-refractivity contribution in [1.29, 1.82) is 0 Å². The second-order valence-corrected chi connectivity index (χ2v) is 4.90. The number of carbonyl (C=O) groups is 1. The van der Waals surface area contributed by atoms with Gasteiger partial charge in [-0.05, 0) is 24.1 Å². The van der Waals surface area contributed by atoms with E-state index in [0.29, 0.717) is 5.75 Å². The summed E-state index contributed by atoms with van der Waals surface area (Å²) >= 11 is 1.56. The third-order valence-electron chi connectivity index (χ3n) is 2.82. The van der Waals surface area contributed by atoms with Crippen LogP contribution in [0.2, 0.25) is 0 Å². The van der Waals surface area contributed by atoms with E-state index in [0.717, 1.165) is 22.6 Å². The van der Waals surface area contributed by atoms with Crippen LogP contribution >= 0.6 is 11.8 Å². The van der Waals surface area contributed by atoms with Crippen LogP contribution in [0.15, 0.2) is 23.1 Å². The van der Waals surface area contributed by atoms with Gasteiger partial charge in [0, 0.05) is 17.4 Å². The molecular formula is C12H15NO2S. The number of thioether (sulfide) groups is 1. The number of anilines is 1.